The van der Waals surface area contributed by atoms with Gasteiger partial charge in [0.15, 0.2) is 0 Å². The van der Waals surface area contributed by atoms with Crippen LogP contribution in [-0.2, 0) is 0 Å². The lowest BCUT2D eigenvalue weighted by atomic mass is 9.87. The first kappa shape index (κ1) is 16.6. The Bertz CT molecular complexity index is 697. The second-order valence-electron chi connectivity index (χ2n) is 6.29. The number of carbonyl (C=O) groups is 1. The summed E-state index contributed by atoms with van der Waals surface area (Å²) < 4.78 is 26.9. The van der Waals surface area contributed by atoms with Crippen LogP contribution in [0.1, 0.15) is 48.0 Å². The first-order chi connectivity index (χ1) is 11.6. The molecule has 0 N–H and O–H groups in total. The van der Waals surface area contributed by atoms with Crippen LogP contribution in [0.25, 0.3) is 0 Å². The fraction of sp³-hybridized carbons (Fsp3) is 0.350. The standard InChI is InChI=1S/C20H21F2NO/c1-2-18(14-7-4-3-5-8-14)19-9-6-10-23(19)20(24)15-11-16(21)13-17(22)12-15/h3-5,7-8,11-13,18-19H,2,6,9-10H2,1H3/t18-,19-/m0/s1. The van der Waals surface area contributed by atoms with E-state index in [-0.39, 0.29) is 23.4 Å². The number of likely N-dealkylation sites (tertiary alicyclic amines) is 1. The van der Waals surface area contributed by atoms with Crippen LogP contribution in [0, 0.1) is 11.6 Å². The molecule has 0 spiro atoms. The van der Waals surface area contributed by atoms with Crippen LogP contribution >= 0.6 is 0 Å². The third-order valence-corrected chi connectivity index (χ3v) is 4.80. The lowest BCUT2D eigenvalue weighted by molar-refractivity contribution is 0.0713. The molecule has 1 heterocycles. The van der Waals surface area contributed by atoms with E-state index >= 15 is 0 Å². The van der Waals surface area contributed by atoms with Crippen molar-refractivity contribution in [1.29, 1.82) is 0 Å². The van der Waals surface area contributed by atoms with Gasteiger partial charge in [-0.3, -0.25) is 4.79 Å². The van der Waals surface area contributed by atoms with E-state index in [9.17, 15) is 13.6 Å². The van der Waals surface area contributed by atoms with E-state index in [1.54, 1.807) is 4.90 Å². The van der Waals surface area contributed by atoms with Crippen molar-refractivity contribution in [2.75, 3.05) is 6.54 Å². The van der Waals surface area contributed by atoms with Crippen LogP contribution in [0.3, 0.4) is 0 Å². The van der Waals surface area contributed by atoms with Crippen molar-refractivity contribution in [3.63, 3.8) is 0 Å². The lowest BCUT2D eigenvalue weighted by Crippen LogP contribution is -2.39. The van der Waals surface area contributed by atoms with E-state index in [4.69, 9.17) is 0 Å². The van der Waals surface area contributed by atoms with Gasteiger partial charge in [-0.05, 0) is 37.0 Å². The SMILES string of the molecule is CC[C@@H](c1ccccc1)[C@@H]1CCCN1C(=O)c1cc(F)cc(F)c1. The fourth-order valence-corrected chi connectivity index (χ4v) is 3.74. The summed E-state index contributed by atoms with van der Waals surface area (Å²) in [6, 6.07) is 13.2. The molecule has 0 unspecified atom stereocenters. The molecule has 3 rings (SSSR count). The molecule has 0 saturated carbocycles. The van der Waals surface area contributed by atoms with Crippen LogP contribution in [-0.4, -0.2) is 23.4 Å². The van der Waals surface area contributed by atoms with Gasteiger partial charge in [-0.2, -0.15) is 0 Å². The molecule has 2 aromatic rings. The van der Waals surface area contributed by atoms with Crippen molar-refractivity contribution in [2.24, 2.45) is 0 Å². The van der Waals surface area contributed by atoms with Gasteiger partial charge in [0.1, 0.15) is 11.6 Å². The Kier molecular flexibility index (Phi) is 4.93. The van der Waals surface area contributed by atoms with Gasteiger partial charge in [-0.25, -0.2) is 8.78 Å². The molecule has 0 aromatic heterocycles. The molecule has 0 bridgehead atoms. The Morgan fingerprint density at radius 3 is 2.46 bits per heavy atom. The normalized spacial score (nSPS) is 18.6. The van der Waals surface area contributed by atoms with Crippen molar-refractivity contribution >= 4 is 5.91 Å². The molecule has 1 aliphatic rings. The zero-order valence-electron chi connectivity index (χ0n) is 13.7. The first-order valence-electron chi connectivity index (χ1n) is 8.42. The van der Waals surface area contributed by atoms with E-state index < -0.39 is 11.6 Å². The third-order valence-electron chi connectivity index (χ3n) is 4.80. The van der Waals surface area contributed by atoms with E-state index in [1.807, 2.05) is 18.2 Å². The van der Waals surface area contributed by atoms with Gasteiger partial charge in [0.25, 0.3) is 5.91 Å². The van der Waals surface area contributed by atoms with Gasteiger partial charge < -0.3 is 4.90 Å². The summed E-state index contributed by atoms with van der Waals surface area (Å²) in [6.07, 6.45) is 2.74. The number of halogens is 2. The highest BCUT2D eigenvalue weighted by atomic mass is 19.1. The summed E-state index contributed by atoms with van der Waals surface area (Å²) in [5.74, 6) is -1.49. The minimum atomic E-state index is -0.718. The molecule has 2 atom stereocenters. The summed E-state index contributed by atoms with van der Waals surface area (Å²) in [5, 5.41) is 0. The summed E-state index contributed by atoms with van der Waals surface area (Å²) in [6.45, 7) is 2.74. The van der Waals surface area contributed by atoms with E-state index in [1.165, 1.54) is 5.56 Å². The molecule has 0 aliphatic carbocycles. The Labute approximate surface area is 141 Å². The summed E-state index contributed by atoms with van der Waals surface area (Å²) in [7, 11) is 0. The minimum Gasteiger partial charge on any atom is -0.335 e. The van der Waals surface area contributed by atoms with Gasteiger partial charge in [-0.1, -0.05) is 37.3 Å². The zero-order valence-corrected chi connectivity index (χ0v) is 13.7. The Balaban J connectivity index is 1.88. The number of hydrogen-bond acceptors (Lipinski definition) is 1. The second kappa shape index (κ2) is 7.12. The van der Waals surface area contributed by atoms with E-state index in [2.05, 4.69) is 19.1 Å². The predicted molar refractivity (Wildman–Crippen MR) is 89.9 cm³/mol. The topological polar surface area (TPSA) is 20.3 Å². The van der Waals surface area contributed by atoms with Gasteiger partial charge in [0.2, 0.25) is 0 Å². The largest absolute Gasteiger partial charge is 0.335 e. The van der Waals surface area contributed by atoms with Gasteiger partial charge in [-0.15, -0.1) is 0 Å². The highest BCUT2D eigenvalue weighted by Crippen LogP contribution is 2.34. The molecule has 24 heavy (non-hydrogen) atoms. The fourth-order valence-electron chi connectivity index (χ4n) is 3.74. The predicted octanol–water partition coefficient (Wildman–Crippen LogP) is 4.76. The van der Waals surface area contributed by atoms with E-state index in [0.717, 1.165) is 37.5 Å². The van der Waals surface area contributed by atoms with E-state index in [0.29, 0.717) is 6.54 Å². The van der Waals surface area contributed by atoms with Gasteiger partial charge in [0.05, 0.1) is 0 Å². The highest BCUT2D eigenvalue weighted by molar-refractivity contribution is 5.94. The smallest absolute Gasteiger partial charge is 0.254 e. The summed E-state index contributed by atoms with van der Waals surface area (Å²) in [5.41, 5.74) is 1.29. The number of hydrogen-bond donors (Lipinski definition) is 0. The number of benzene rings is 2. The Hall–Kier alpha value is -2.23. The number of rotatable bonds is 4. The molecule has 1 saturated heterocycles. The Morgan fingerprint density at radius 2 is 1.83 bits per heavy atom. The van der Waals surface area contributed by atoms with Crippen molar-refractivity contribution in [3.05, 3.63) is 71.3 Å². The first-order valence-corrected chi connectivity index (χ1v) is 8.42. The average Bonchev–Trinajstić information content (AvgIpc) is 3.04. The van der Waals surface area contributed by atoms with Crippen LogP contribution in [0.5, 0.6) is 0 Å². The molecular formula is C20H21F2NO. The summed E-state index contributed by atoms with van der Waals surface area (Å²) >= 11 is 0. The summed E-state index contributed by atoms with van der Waals surface area (Å²) in [4.78, 5) is 14.6. The molecule has 126 valence electrons. The number of amides is 1. The average molecular weight is 329 g/mol. The maximum absolute atomic E-state index is 13.5. The lowest BCUT2D eigenvalue weighted by Gasteiger charge is -2.31. The highest BCUT2D eigenvalue weighted by Gasteiger charge is 2.35. The molecular weight excluding hydrogens is 308 g/mol. The maximum atomic E-state index is 13.5. The van der Waals surface area contributed by atoms with Crippen molar-refractivity contribution in [2.45, 2.75) is 38.1 Å². The molecule has 4 heteroatoms. The minimum absolute atomic E-state index is 0.0660. The van der Waals surface area contributed by atoms with Crippen molar-refractivity contribution in [3.8, 4) is 0 Å². The van der Waals surface area contributed by atoms with Crippen LogP contribution in [0.4, 0.5) is 8.78 Å². The Morgan fingerprint density at radius 1 is 1.17 bits per heavy atom. The van der Waals surface area contributed by atoms with Crippen molar-refractivity contribution < 1.29 is 13.6 Å². The van der Waals surface area contributed by atoms with Crippen LogP contribution in [0.15, 0.2) is 48.5 Å². The molecule has 2 aromatic carbocycles. The monoisotopic (exact) mass is 329 g/mol. The second-order valence-corrected chi connectivity index (χ2v) is 6.29. The number of carbonyl (C=O) groups excluding carboxylic acids is 1. The zero-order chi connectivity index (χ0) is 17.1. The third kappa shape index (κ3) is 3.32. The van der Waals surface area contributed by atoms with Crippen molar-refractivity contribution in [1.82, 2.24) is 4.90 Å². The molecule has 1 fully saturated rings. The molecule has 0 radical (unpaired) electrons. The van der Waals surface area contributed by atoms with Gasteiger partial charge in [0, 0.05) is 30.1 Å². The quantitative estimate of drug-likeness (QED) is 0.792. The molecule has 2 nitrogen and oxygen atoms in total. The van der Waals surface area contributed by atoms with Crippen LogP contribution in [0.2, 0.25) is 0 Å². The number of nitrogens with zero attached hydrogens (tertiary/aromatic N) is 1. The van der Waals surface area contributed by atoms with Gasteiger partial charge >= 0.3 is 0 Å². The van der Waals surface area contributed by atoms with Crippen LogP contribution < -0.4 is 0 Å². The maximum Gasteiger partial charge on any atom is 0.254 e. The molecule has 1 amide bonds. The molecule has 1 aliphatic heterocycles.